The molecule has 2 fully saturated rings. The first-order valence-electron chi connectivity index (χ1n) is 7.79. The van der Waals surface area contributed by atoms with E-state index in [0.29, 0.717) is 0 Å². The van der Waals surface area contributed by atoms with Gasteiger partial charge in [0.15, 0.2) is 0 Å². The van der Waals surface area contributed by atoms with Crippen molar-refractivity contribution >= 4 is 0 Å². The Balaban J connectivity index is 1.47. The van der Waals surface area contributed by atoms with Crippen molar-refractivity contribution in [2.24, 2.45) is 5.92 Å². The Kier molecular flexibility index (Phi) is 4.34. The highest BCUT2D eigenvalue weighted by molar-refractivity contribution is 5.37. The van der Waals surface area contributed by atoms with Gasteiger partial charge < -0.3 is 5.32 Å². The lowest BCUT2D eigenvalue weighted by Crippen LogP contribution is -2.37. The SMILES string of the molecule is N#Cc1ccccc1CN1CCC(CNC2CC2)CC1. The molecule has 0 unspecified atom stereocenters. The number of hydrogen-bond acceptors (Lipinski definition) is 3. The Morgan fingerprint density at radius 2 is 1.90 bits per heavy atom. The topological polar surface area (TPSA) is 39.1 Å². The van der Waals surface area contributed by atoms with Crippen LogP contribution >= 0.6 is 0 Å². The smallest absolute Gasteiger partial charge is 0.0995 e. The molecule has 3 nitrogen and oxygen atoms in total. The molecule has 2 aliphatic rings. The van der Waals surface area contributed by atoms with Crippen LogP contribution in [0.2, 0.25) is 0 Å². The first-order valence-corrected chi connectivity index (χ1v) is 7.79. The van der Waals surface area contributed by atoms with Crippen molar-refractivity contribution in [3.05, 3.63) is 35.4 Å². The molecule has 0 atom stereocenters. The van der Waals surface area contributed by atoms with Crippen LogP contribution in [0.4, 0.5) is 0 Å². The summed E-state index contributed by atoms with van der Waals surface area (Å²) in [5.41, 5.74) is 1.99. The molecule has 1 aliphatic heterocycles. The summed E-state index contributed by atoms with van der Waals surface area (Å²) >= 11 is 0. The number of benzene rings is 1. The molecule has 1 aromatic carbocycles. The van der Waals surface area contributed by atoms with Crippen molar-refractivity contribution in [2.75, 3.05) is 19.6 Å². The van der Waals surface area contributed by atoms with E-state index in [9.17, 15) is 0 Å². The summed E-state index contributed by atoms with van der Waals surface area (Å²) < 4.78 is 0. The summed E-state index contributed by atoms with van der Waals surface area (Å²) in [6.07, 6.45) is 5.33. The molecule has 1 saturated heterocycles. The zero-order valence-corrected chi connectivity index (χ0v) is 12.0. The lowest BCUT2D eigenvalue weighted by Gasteiger charge is -2.32. The van der Waals surface area contributed by atoms with Gasteiger partial charge in [0.1, 0.15) is 0 Å². The van der Waals surface area contributed by atoms with Crippen LogP contribution in [0.25, 0.3) is 0 Å². The van der Waals surface area contributed by atoms with E-state index < -0.39 is 0 Å². The minimum atomic E-state index is 0.824. The Morgan fingerprint density at radius 3 is 2.60 bits per heavy atom. The van der Waals surface area contributed by atoms with E-state index in [2.05, 4.69) is 22.4 Å². The molecule has 1 aliphatic carbocycles. The Morgan fingerprint density at radius 1 is 1.15 bits per heavy atom. The van der Waals surface area contributed by atoms with Crippen LogP contribution in [0.15, 0.2) is 24.3 Å². The third-order valence-electron chi connectivity index (χ3n) is 4.51. The molecule has 0 aromatic heterocycles. The zero-order valence-electron chi connectivity index (χ0n) is 12.0. The molecule has 0 amide bonds. The Hall–Kier alpha value is -1.37. The molecule has 1 heterocycles. The van der Waals surface area contributed by atoms with Crippen LogP contribution < -0.4 is 5.32 Å². The first-order chi connectivity index (χ1) is 9.85. The number of nitriles is 1. The fourth-order valence-corrected chi connectivity index (χ4v) is 2.98. The number of rotatable bonds is 5. The van der Waals surface area contributed by atoms with Crippen molar-refractivity contribution in [1.29, 1.82) is 5.26 Å². The molecule has 20 heavy (non-hydrogen) atoms. The lowest BCUT2D eigenvalue weighted by atomic mass is 9.96. The molecule has 3 rings (SSSR count). The van der Waals surface area contributed by atoms with Gasteiger partial charge in [-0.2, -0.15) is 5.26 Å². The van der Waals surface area contributed by atoms with Gasteiger partial charge in [0, 0.05) is 12.6 Å². The Labute approximate surface area is 121 Å². The highest BCUT2D eigenvalue weighted by atomic mass is 15.1. The normalized spacial score (nSPS) is 20.8. The average molecular weight is 269 g/mol. The van der Waals surface area contributed by atoms with Crippen LogP contribution in [-0.2, 0) is 6.54 Å². The van der Waals surface area contributed by atoms with Gasteiger partial charge >= 0.3 is 0 Å². The fourth-order valence-electron chi connectivity index (χ4n) is 2.98. The highest BCUT2D eigenvalue weighted by Crippen LogP contribution is 2.22. The van der Waals surface area contributed by atoms with Crippen molar-refractivity contribution in [3.63, 3.8) is 0 Å². The van der Waals surface area contributed by atoms with E-state index >= 15 is 0 Å². The van der Waals surface area contributed by atoms with E-state index in [1.165, 1.54) is 37.8 Å². The summed E-state index contributed by atoms with van der Waals surface area (Å²) in [5.74, 6) is 0.845. The minimum Gasteiger partial charge on any atom is -0.314 e. The maximum atomic E-state index is 9.14. The molecular formula is C17H23N3. The van der Waals surface area contributed by atoms with Gasteiger partial charge in [0.05, 0.1) is 11.6 Å². The van der Waals surface area contributed by atoms with Crippen LogP contribution in [0.1, 0.15) is 36.8 Å². The van der Waals surface area contributed by atoms with Gasteiger partial charge in [-0.05, 0) is 62.9 Å². The summed E-state index contributed by atoms with van der Waals surface area (Å²) in [6.45, 7) is 4.45. The van der Waals surface area contributed by atoms with E-state index in [4.69, 9.17) is 5.26 Å². The third-order valence-corrected chi connectivity index (χ3v) is 4.51. The molecule has 0 spiro atoms. The third kappa shape index (κ3) is 3.59. The van der Waals surface area contributed by atoms with Crippen LogP contribution in [0, 0.1) is 17.2 Å². The van der Waals surface area contributed by atoms with Gasteiger partial charge in [-0.15, -0.1) is 0 Å². The highest BCUT2D eigenvalue weighted by Gasteiger charge is 2.24. The predicted octanol–water partition coefficient (Wildman–Crippen LogP) is 2.52. The van der Waals surface area contributed by atoms with Gasteiger partial charge in [-0.1, -0.05) is 18.2 Å². The zero-order chi connectivity index (χ0) is 13.8. The summed E-state index contributed by atoms with van der Waals surface area (Å²) in [6, 6.07) is 11.1. The maximum Gasteiger partial charge on any atom is 0.0995 e. The van der Waals surface area contributed by atoms with Crippen molar-refractivity contribution in [2.45, 2.75) is 38.3 Å². The maximum absolute atomic E-state index is 9.14. The second kappa shape index (κ2) is 6.39. The van der Waals surface area contributed by atoms with Gasteiger partial charge in [-0.3, -0.25) is 4.90 Å². The monoisotopic (exact) mass is 269 g/mol. The van der Waals surface area contributed by atoms with E-state index in [-0.39, 0.29) is 0 Å². The summed E-state index contributed by atoms with van der Waals surface area (Å²) in [7, 11) is 0. The van der Waals surface area contributed by atoms with Gasteiger partial charge in [-0.25, -0.2) is 0 Å². The number of piperidine rings is 1. The van der Waals surface area contributed by atoms with Crippen molar-refractivity contribution in [3.8, 4) is 6.07 Å². The van der Waals surface area contributed by atoms with Crippen molar-refractivity contribution < 1.29 is 0 Å². The van der Waals surface area contributed by atoms with Crippen LogP contribution in [0.3, 0.4) is 0 Å². The first kappa shape index (κ1) is 13.6. The molecule has 1 saturated carbocycles. The Bertz CT molecular complexity index is 479. The second-order valence-electron chi connectivity index (χ2n) is 6.17. The molecule has 0 radical (unpaired) electrons. The van der Waals surface area contributed by atoms with E-state index in [0.717, 1.165) is 37.2 Å². The van der Waals surface area contributed by atoms with Crippen LogP contribution in [0.5, 0.6) is 0 Å². The molecule has 0 bridgehead atoms. The number of nitrogens with one attached hydrogen (secondary N) is 1. The summed E-state index contributed by atoms with van der Waals surface area (Å²) in [4.78, 5) is 2.49. The second-order valence-corrected chi connectivity index (χ2v) is 6.17. The number of likely N-dealkylation sites (tertiary alicyclic amines) is 1. The number of hydrogen-bond donors (Lipinski definition) is 1. The van der Waals surface area contributed by atoms with Gasteiger partial charge in [0.25, 0.3) is 0 Å². The average Bonchev–Trinajstić information content (AvgIpc) is 3.31. The minimum absolute atomic E-state index is 0.824. The molecule has 106 valence electrons. The number of nitrogens with zero attached hydrogens (tertiary/aromatic N) is 2. The van der Waals surface area contributed by atoms with Crippen molar-refractivity contribution in [1.82, 2.24) is 10.2 Å². The van der Waals surface area contributed by atoms with Gasteiger partial charge in [0.2, 0.25) is 0 Å². The molecule has 1 N–H and O–H groups in total. The molecular weight excluding hydrogens is 246 g/mol. The van der Waals surface area contributed by atoms with E-state index in [1.54, 1.807) is 0 Å². The largest absolute Gasteiger partial charge is 0.314 e. The molecule has 1 aromatic rings. The fraction of sp³-hybridized carbons (Fsp3) is 0.588. The summed E-state index contributed by atoms with van der Waals surface area (Å²) in [5, 5.41) is 12.8. The quantitative estimate of drug-likeness (QED) is 0.892. The lowest BCUT2D eigenvalue weighted by molar-refractivity contribution is 0.175. The van der Waals surface area contributed by atoms with E-state index in [1.807, 2.05) is 18.2 Å². The predicted molar refractivity (Wildman–Crippen MR) is 80.2 cm³/mol. The standard InChI is InChI=1S/C17H23N3/c18-11-15-3-1-2-4-16(15)13-20-9-7-14(8-10-20)12-19-17-5-6-17/h1-4,14,17,19H,5-10,12-13H2. The van der Waals surface area contributed by atoms with Crippen LogP contribution in [-0.4, -0.2) is 30.6 Å². The molecule has 3 heteroatoms.